The zero-order chi connectivity index (χ0) is 14.7. The summed E-state index contributed by atoms with van der Waals surface area (Å²) in [6.45, 7) is 8.84. The van der Waals surface area contributed by atoms with Crippen LogP contribution in [0.15, 0.2) is 17.2 Å². The highest BCUT2D eigenvalue weighted by atomic mass is 32.2. The summed E-state index contributed by atoms with van der Waals surface area (Å²) in [6, 6.07) is 1.65. The Morgan fingerprint density at radius 3 is 2.42 bits per heavy atom. The van der Waals surface area contributed by atoms with Crippen molar-refractivity contribution < 1.29 is 8.42 Å². The summed E-state index contributed by atoms with van der Waals surface area (Å²) in [5.74, 6) is 0. The molecule has 0 bridgehead atoms. The predicted molar refractivity (Wildman–Crippen MR) is 77.3 cm³/mol. The largest absolute Gasteiger partial charge is 0.349 e. The van der Waals surface area contributed by atoms with Crippen molar-refractivity contribution in [2.75, 3.05) is 0 Å². The summed E-state index contributed by atoms with van der Waals surface area (Å²) in [6.07, 6.45) is 3.37. The molecule has 3 N–H and O–H groups in total. The lowest BCUT2D eigenvalue weighted by molar-refractivity contribution is 0.417. The third kappa shape index (κ3) is 4.06. The molecule has 1 aromatic rings. The van der Waals surface area contributed by atoms with Crippen molar-refractivity contribution in [1.82, 2.24) is 9.29 Å². The fourth-order valence-corrected chi connectivity index (χ4v) is 3.74. The molecular formula is C13H25N3O2S. The molecule has 1 heterocycles. The summed E-state index contributed by atoms with van der Waals surface area (Å²) in [4.78, 5) is 0.291. The molecular weight excluding hydrogens is 262 g/mol. The van der Waals surface area contributed by atoms with E-state index in [1.54, 1.807) is 12.3 Å². The highest BCUT2D eigenvalue weighted by Crippen LogP contribution is 2.19. The standard InChI is InChI=1S/C13H25N3O2S/c1-5-7-13(3,4)15-19(17,18)12-8-11(9-14)16(6-2)10-12/h8,10,15H,5-7,9,14H2,1-4H3. The maximum atomic E-state index is 12.4. The first-order valence-electron chi connectivity index (χ1n) is 6.69. The molecule has 0 atom stereocenters. The van der Waals surface area contributed by atoms with Crippen LogP contribution in [0.3, 0.4) is 0 Å². The highest BCUT2D eigenvalue weighted by molar-refractivity contribution is 7.89. The minimum Gasteiger partial charge on any atom is -0.349 e. The van der Waals surface area contributed by atoms with Crippen molar-refractivity contribution in [3.05, 3.63) is 18.0 Å². The topological polar surface area (TPSA) is 77.1 Å². The van der Waals surface area contributed by atoms with Gasteiger partial charge in [-0.1, -0.05) is 13.3 Å². The number of rotatable bonds is 7. The van der Waals surface area contributed by atoms with Crippen LogP contribution < -0.4 is 10.5 Å². The number of aryl methyl sites for hydroxylation is 1. The molecule has 0 aliphatic rings. The fraction of sp³-hybridized carbons (Fsp3) is 0.692. The van der Waals surface area contributed by atoms with E-state index < -0.39 is 15.6 Å². The summed E-state index contributed by atoms with van der Waals surface area (Å²) in [5, 5.41) is 0. The number of nitrogens with one attached hydrogen (secondary N) is 1. The lowest BCUT2D eigenvalue weighted by atomic mass is 10.0. The van der Waals surface area contributed by atoms with Crippen molar-refractivity contribution in [2.24, 2.45) is 5.73 Å². The first kappa shape index (κ1) is 16.2. The van der Waals surface area contributed by atoms with Crippen LogP contribution in [0.2, 0.25) is 0 Å². The molecule has 0 amide bonds. The molecule has 5 nitrogen and oxygen atoms in total. The summed E-state index contributed by atoms with van der Waals surface area (Å²) in [5.41, 5.74) is 6.01. The zero-order valence-corrected chi connectivity index (χ0v) is 13.0. The second-order valence-electron chi connectivity index (χ2n) is 5.40. The molecule has 0 aromatic carbocycles. The van der Waals surface area contributed by atoms with Crippen LogP contribution in [0.1, 0.15) is 46.2 Å². The normalized spacial score (nSPS) is 12.9. The van der Waals surface area contributed by atoms with Crippen LogP contribution in [0.4, 0.5) is 0 Å². The molecule has 0 aliphatic carbocycles. The van der Waals surface area contributed by atoms with E-state index in [9.17, 15) is 8.42 Å². The average Bonchev–Trinajstić information content (AvgIpc) is 2.70. The van der Waals surface area contributed by atoms with E-state index in [0.29, 0.717) is 18.0 Å². The first-order chi connectivity index (χ1) is 8.75. The molecule has 0 saturated heterocycles. The molecule has 0 fully saturated rings. The number of hydrogen-bond donors (Lipinski definition) is 2. The Morgan fingerprint density at radius 2 is 2.00 bits per heavy atom. The molecule has 1 aromatic heterocycles. The number of nitrogens with zero attached hydrogens (tertiary/aromatic N) is 1. The van der Waals surface area contributed by atoms with E-state index in [0.717, 1.165) is 18.5 Å². The van der Waals surface area contributed by atoms with Gasteiger partial charge in [-0.05, 0) is 33.3 Å². The van der Waals surface area contributed by atoms with Gasteiger partial charge >= 0.3 is 0 Å². The van der Waals surface area contributed by atoms with E-state index in [-0.39, 0.29) is 0 Å². The number of sulfonamides is 1. The van der Waals surface area contributed by atoms with Crippen molar-refractivity contribution in [3.63, 3.8) is 0 Å². The molecule has 0 unspecified atom stereocenters. The smallest absolute Gasteiger partial charge is 0.242 e. The monoisotopic (exact) mass is 287 g/mol. The highest BCUT2D eigenvalue weighted by Gasteiger charge is 2.26. The molecule has 110 valence electrons. The third-order valence-corrected chi connectivity index (χ3v) is 4.77. The fourth-order valence-electron chi connectivity index (χ4n) is 2.24. The van der Waals surface area contributed by atoms with Gasteiger partial charge in [0.05, 0.1) is 4.90 Å². The third-order valence-electron chi connectivity index (χ3n) is 3.11. The molecule has 0 saturated carbocycles. The van der Waals surface area contributed by atoms with Gasteiger partial charge in [-0.25, -0.2) is 13.1 Å². The maximum Gasteiger partial charge on any atom is 0.242 e. The van der Waals surface area contributed by atoms with Gasteiger partial charge in [0, 0.05) is 30.5 Å². The van der Waals surface area contributed by atoms with Crippen molar-refractivity contribution >= 4 is 10.0 Å². The van der Waals surface area contributed by atoms with Crippen LogP contribution in [-0.4, -0.2) is 18.5 Å². The molecule has 6 heteroatoms. The lowest BCUT2D eigenvalue weighted by Gasteiger charge is -2.25. The minimum atomic E-state index is -3.49. The van der Waals surface area contributed by atoms with E-state index >= 15 is 0 Å². The van der Waals surface area contributed by atoms with E-state index in [4.69, 9.17) is 5.73 Å². The van der Waals surface area contributed by atoms with Crippen LogP contribution in [0, 0.1) is 0 Å². The Hall–Kier alpha value is -0.850. The molecule has 0 radical (unpaired) electrons. The van der Waals surface area contributed by atoms with Crippen molar-refractivity contribution in [1.29, 1.82) is 0 Å². The van der Waals surface area contributed by atoms with Crippen LogP contribution in [0.5, 0.6) is 0 Å². The number of aromatic nitrogens is 1. The summed E-state index contributed by atoms with van der Waals surface area (Å²) >= 11 is 0. The Bertz CT molecular complexity index is 496. The van der Waals surface area contributed by atoms with Gasteiger partial charge in [0.15, 0.2) is 0 Å². The van der Waals surface area contributed by atoms with Gasteiger partial charge in [0.25, 0.3) is 0 Å². The minimum absolute atomic E-state index is 0.291. The maximum absolute atomic E-state index is 12.4. The molecule has 1 rings (SSSR count). The SMILES string of the molecule is CCCC(C)(C)NS(=O)(=O)c1cc(CN)n(CC)c1. The van der Waals surface area contributed by atoms with E-state index in [1.165, 1.54) is 0 Å². The first-order valence-corrected chi connectivity index (χ1v) is 8.17. The summed E-state index contributed by atoms with van der Waals surface area (Å²) < 4.78 is 29.3. The number of nitrogens with two attached hydrogens (primary N) is 1. The van der Waals surface area contributed by atoms with Gasteiger partial charge in [-0.3, -0.25) is 0 Å². The molecule has 19 heavy (non-hydrogen) atoms. The zero-order valence-electron chi connectivity index (χ0n) is 12.2. The molecule has 0 spiro atoms. The van der Waals surface area contributed by atoms with E-state index in [2.05, 4.69) is 4.72 Å². The Kier molecular flexibility index (Phi) is 5.18. The summed E-state index contributed by atoms with van der Waals surface area (Å²) in [7, 11) is -3.49. The lowest BCUT2D eigenvalue weighted by Crippen LogP contribution is -2.43. The van der Waals surface area contributed by atoms with Crippen molar-refractivity contribution in [2.45, 2.75) is 64.1 Å². The average molecular weight is 287 g/mol. The Morgan fingerprint density at radius 1 is 1.37 bits per heavy atom. The van der Waals surface area contributed by atoms with Gasteiger partial charge in [0.2, 0.25) is 10.0 Å². The van der Waals surface area contributed by atoms with Crippen LogP contribution >= 0.6 is 0 Å². The predicted octanol–water partition coefficient (Wildman–Crippen LogP) is 1.82. The van der Waals surface area contributed by atoms with Crippen LogP contribution in [-0.2, 0) is 23.1 Å². The van der Waals surface area contributed by atoms with E-state index in [1.807, 2.05) is 32.3 Å². The van der Waals surface area contributed by atoms with Gasteiger partial charge in [-0.15, -0.1) is 0 Å². The van der Waals surface area contributed by atoms with Crippen molar-refractivity contribution in [3.8, 4) is 0 Å². The van der Waals surface area contributed by atoms with Gasteiger partial charge in [-0.2, -0.15) is 0 Å². The Labute approximate surface area is 116 Å². The second-order valence-corrected chi connectivity index (χ2v) is 7.08. The second kappa shape index (κ2) is 6.07. The quantitative estimate of drug-likeness (QED) is 0.803. The number of hydrogen-bond acceptors (Lipinski definition) is 3. The van der Waals surface area contributed by atoms with Gasteiger partial charge in [0.1, 0.15) is 0 Å². The van der Waals surface area contributed by atoms with Gasteiger partial charge < -0.3 is 10.3 Å². The molecule has 0 aliphatic heterocycles. The Balaban J connectivity index is 3.04. The van der Waals surface area contributed by atoms with Crippen LogP contribution in [0.25, 0.3) is 0 Å².